The van der Waals surface area contributed by atoms with Gasteiger partial charge in [-0.1, -0.05) is 31.0 Å². The minimum absolute atomic E-state index is 0. The Morgan fingerprint density at radius 2 is 2.19 bits per heavy atom. The molecular formula is C17H17FNOY-. The fourth-order valence-corrected chi connectivity index (χ4v) is 2.10. The summed E-state index contributed by atoms with van der Waals surface area (Å²) in [5, 5.41) is 0. The van der Waals surface area contributed by atoms with Gasteiger partial charge in [0.25, 0.3) is 0 Å². The SMILES string of the molecule is C=CCOc1cccc(F)c1C1=[C-]C=CC(=C)N1CC.[Y]. The minimum atomic E-state index is -0.337. The third kappa shape index (κ3) is 3.92. The second-order valence-electron chi connectivity index (χ2n) is 4.27. The van der Waals surface area contributed by atoms with E-state index in [4.69, 9.17) is 4.74 Å². The Balaban J connectivity index is 0.00000220. The van der Waals surface area contributed by atoms with Crippen LogP contribution in [0.1, 0.15) is 12.5 Å². The van der Waals surface area contributed by atoms with Crippen molar-refractivity contribution in [2.24, 2.45) is 0 Å². The number of ether oxygens (including phenoxy) is 1. The van der Waals surface area contributed by atoms with Crippen LogP contribution in [0.5, 0.6) is 5.75 Å². The summed E-state index contributed by atoms with van der Waals surface area (Å²) >= 11 is 0. The van der Waals surface area contributed by atoms with E-state index in [1.54, 1.807) is 24.3 Å². The van der Waals surface area contributed by atoms with Gasteiger partial charge in [0.1, 0.15) is 6.61 Å². The van der Waals surface area contributed by atoms with Gasteiger partial charge >= 0.3 is 0 Å². The van der Waals surface area contributed by atoms with Gasteiger partial charge in [0, 0.05) is 39.3 Å². The van der Waals surface area contributed by atoms with Gasteiger partial charge in [-0.3, -0.25) is 0 Å². The van der Waals surface area contributed by atoms with Crippen LogP contribution < -0.4 is 4.74 Å². The summed E-state index contributed by atoms with van der Waals surface area (Å²) in [6.45, 7) is 10.6. The van der Waals surface area contributed by atoms with Crippen molar-refractivity contribution in [3.63, 3.8) is 0 Å². The van der Waals surface area contributed by atoms with Crippen molar-refractivity contribution in [3.05, 3.63) is 72.7 Å². The molecule has 0 aliphatic carbocycles. The smallest absolute Gasteiger partial charge is 0.105 e. The van der Waals surface area contributed by atoms with Crippen molar-refractivity contribution in [2.75, 3.05) is 13.2 Å². The van der Waals surface area contributed by atoms with E-state index in [9.17, 15) is 4.39 Å². The van der Waals surface area contributed by atoms with Crippen molar-refractivity contribution in [1.29, 1.82) is 0 Å². The average molecular weight is 359 g/mol. The maximum absolute atomic E-state index is 14.3. The summed E-state index contributed by atoms with van der Waals surface area (Å²) in [6.07, 6.45) is 8.30. The first-order valence-electron chi connectivity index (χ1n) is 6.48. The zero-order valence-electron chi connectivity index (χ0n) is 12.1. The summed E-state index contributed by atoms with van der Waals surface area (Å²) in [6, 6.07) is 4.78. The maximum atomic E-state index is 14.3. The molecule has 0 aromatic heterocycles. The number of hydrogen-bond donors (Lipinski definition) is 0. The van der Waals surface area contributed by atoms with E-state index in [1.807, 2.05) is 17.9 Å². The number of nitrogens with zero attached hydrogens (tertiary/aromatic N) is 1. The standard InChI is InChI=1S/C17H17FNO.Y/c1-4-12-20-16-11-7-9-14(18)17(16)15-10-6-8-13(3)19(15)5-2;/h4,6-9,11H,1,3,5,12H2,2H3;/q-1;. The van der Waals surface area contributed by atoms with E-state index in [0.29, 0.717) is 30.2 Å². The molecule has 107 valence electrons. The Bertz CT molecular complexity index is 592. The zero-order valence-corrected chi connectivity index (χ0v) is 14.9. The van der Waals surface area contributed by atoms with Crippen molar-refractivity contribution in [3.8, 4) is 5.75 Å². The van der Waals surface area contributed by atoms with E-state index in [1.165, 1.54) is 6.07 Å². The predicted octanol–water partition coefficient (Wildman–Crippen LogP) is 3.94. The molecule has 4 heteroatoms. The molecule has 0 saturated carbocycles. The van der Waals surface area contributed by atoms with Crippen LogP contribution in [-0.4, -0.2) is 18.1 Å². The first-order valence-corrected chi connectivity index (χ1v) is 6.48. The monoisotopic (exact) mass is 359 g/mol. The summed E-state index contributed by atoms with van der Waals surface area (Å²) in [7, 11) is 0. The molecule has 1 radical (unpaired) electrons. The second kappa shape index (κ2) is 8.30. The number of rotatable bonds is 5. The van der Waals surface area contributed by atoms with Gasteiger partial charge in [0.2, 0.25) is 0 Å². The topological polar surface area (TPSA) is 12.5 Å². The molecule has 2 nitrogen and oxygen atoms in total. The quantitative estimate of drug-likeness (QED) is 0.583. The van der Waals surface area contributed by atoms with E-state index >= 15 is 0 Å². The molecule has 1 aromatic carbocycles. The van der Waals surface area contributed by atoms with Crippen LogP contribution in [0.25, 0.3) is 5.70 Å². The first-order chi connectivity index (χ1) is 9.69. The molecule has 0 spiro atoms. The van der Waals surface area contributed by atoms with Crippen molar-refractivity contribution < 1.29 is 41.8 Å². The van der Waals surface area contributed by atoms with Gasteiger partial charge in [-0.15, -0.1) is 6.08 Å². The van der Waals surface area contributed by atoms with Crippen molar-refractivity contribution in [2.45, 2.75) is 6.92 Å². The molecule has 0 fully saturated rings. The van der Waals surface area contributed by atoms with Gasteiger partial charge in [-0.05, 0) is 30.3 Å². The Morgan fingerprint density at radius 1 is 1.43 bits per heavy atom. The molecule has 0 atom stereocenters. The van der Waals surface area contributed by atoms with E-state index in [0.717, 1.165) is 5.70 Å². The molecule has 2 rings (SSSR count). The van der Waals surface area contributed by atoms with Gasteiger partial charge in [-0.25, -0.2) is 4.39 Å². The van der Waals surface area contributed by atoms with Crippen molar-refractivity contribution >= 4 is 5.70 Å². The van der Waals surface area contributed by atoms with Gasteiger partial charge < -0.3 is 9.64 Å². The summed E-state index contributed by atoms with van der Waals surface area (Å²) in [5.41, 5.74) is 1.85. The van der Waals surface area contributed by atoms with E-state index in [2.05, 4.69) is 19.2 Å². The Labute approximate surface area is 150 Å². The number of allylic oxidation sites excluding steroid dienone is 3. The van der Waals surface area contributed by atoms with E-state index in [-0.39, 0.29) is 38.5 Å². The average Bonchev–Trinajstić information content (AvgIpc) is 2.45. The first kappa shape index (κ1) is 17.9. The number of likely N-dealkylation sites (N-methyl/N-ethyl adjacent to an activating group) is 1. The number of benzene rings is 1. The largest absolute Gasteiger partial charge is 0.502 e. The van der Waals surface area contributed by atoms with Crippen molar-refractivity contribution in [1.82, 2.24) is 4.90 Å². The minimum Gasteiger partial charge on any atom is -0.502 e. The predicted molar refractivity (Wildman–Crippen MR) is 79.4 cm³/mol. The second-order valence-corrected chi connectivity index (χ2v) is 4.27. The normalized spacial score (nSPS) is 13.5. The molecule has 1 aliphatic rings. The van der Waals surface area contributed by atoms with Crippen LogP contribution >= 0.6 is 0 Å². The fourth-order valence-electron chi connectivity index (χ4n) is 2.10. The fraction of sp³-hybridized carbons (Fsp3) is 0.176. The Morgan fingerprint density at radius 3 is 2.86 bits per heavy atom. The third-order valence-electron chi connectivity index (χ3n) is 3.00. The van der Waals surface area contributed by atoms with Gasteiger partial charge in [0.15, 0.2) is 0 Å². The van der Waals surface area contributed by atoms with Crippen LogP contribution in [0.2, 0.25) is 0 Å². The maximum Gasteiger partial charge on any atom is 0.105 e. The Hall–Kier alpha value is -1.19. The zero-order chi connectivity index (χ0) is 14.5. The van der Waals surface area contributed by atoms with Gasteiger partial charge in [-0.2, -0.15) is 12.2 Å². The molecule has 0 unspecified atom stereocenters. The number of halogens is 1. The molecule has 0 N–H and O–H groups in total. The van der Waals surface area contributed by atoms with Crippen LogP contribution in [0.3, 0.4) is 0 Å². The molecule has 21 heavy (non-hydrogen) atoms. The number of hydrogen-bond acceptors (Lipinski definition) is 2. The molecular weight excluding hydrogens is 342 g/mol. The molecule has 1 heterocycles. The molecule has 0 bridgehead atoms. The Kier molecular flexibility index (Phi) is 7.06. The summed E-state index contributed by atoms with van der Waals surface area (Å²) < 4.78 is 19.8. The van der Waals surface area contributed by atoms with Crippen LogP contribution in [0, 0.1) is 11.9 Å². The van der Waals surface area contributed by atoms with Crippen LogP contribution in [0.4, 0.5) is 4.39 Å². The van der Waals surface area contributed by atoms with Crippen LogP contribution in [-0.2, 0) is 32.7 Å². The molecule has 0 amide bonds. The molecule has 1 aliphatic heterocycles. The van der Waals surface area contributed by atoms with Crippen LogP contribution in [0.15, 0.2) is 55.3 Å². The summed E-state index contributed by atoms with van der Waals surface area (Å²) in [5.74, 6) is 0.143. The van der Waals surface area contributed by atoms with E-state index < -0.39 is 0 Å². The molecule has 1 aromatic rings. The summed E-state index contributed by atoms with van der Waals surface area (Å²) in [4.78, 5) is 1.90. The third-order valence-corrected chi connectivity index (χ3v) is 3.00. The molecule has 0 saturated heterocycles. The van der Waals surface area contributed by atoms with Gasteiger partial charge in [0.05, 0.1) is 11.6 Å².